The zero-order valence-corrected chi connectivity index (χ0v) is 24.1. The van der Waals surface area contributed by atoms with E-state index in [1.54, 1.807) is 4.90 Å². The third-order valence-corrected chi connectivity index (χ3v) is 8.78. The molecule has 1 unspecified atom stereocenters. The second kappa shape index (κ2) is 11.7. The van der Waals surface area contributed by atoms with Crippen LogP contribution in [0.1, 0.15) is 69.0 Å². The molecular formula is C31H33N5O5S. The Hall–Kier alpha value is -3.96. The molecule has 0 bridgehead atoms. The number of thiol groups is 1. The Bertz CT molecular complexity index is 1500. The van der Waals surface area contributed by atoms with Crippen LogP contribution < -0.4 is 10.1 Å². The number of piperidine rings is 2. The highest BCUT2D eigenvalue weighted by Gasteiger charge is 2.39. The van der Waals surface area contributed by atoms with Gasteiger partial charge in [-0.1, -0.05) is 18.2 Å². The standard InChI is InChI=1S/C31H33N5O5S/c32-27(9-14-42)35-12-13-41-26-5-1-19(15-24(26)31(35)40)17-34-10-7-20(8-11-34)21-2-3-23-22(16-21)18-36(30(23)39)25-4-6-28(37)33-29(25)38/h1-3,5,9,14-16,20,25,32,42H,4,6-8,10-13,17-18H2,(H,33,37,38)/b14-9-,32-27?. The average molecular weight is 588 g/mol. The van der Waals surface area contributed by atoms with Gasteiger partial charge in [0.15, 0.2) is 0 Å². The number of ether oxygens (including phenoxy) is 1. The molecule has 4 heterocycles. The minimum Gasteiger partial charge on any atom is -0.491 e. The Kier molecular flexibility index (Phi) is 7.87. The quantitative estimate of drug-likeness (QED) is 0.214. The summed E-state index contributed by atoms with van der Waals surface area (Å²) >= 11 is 4.03. The van der Waals surface area contributed by atoms with Crippen molar-refractivity contribution in [2.45, 2.75) is 50.7 Å². The molecule has 2 aromatic carbocycles. The van der Waals surface area contributed by atoms with Crippen molar-refractivity contribution in [3.05, 3.63) is 75.7 Å². The number of hydrogen-bond acceptors (Lipinski definition) is 8. The normalized spacial score (nSPS) is 21.7. The summed E-state index contributed by atoms with van der Waals surface area (Å²) in [7, 11) is 0. The van der Waals surface area contributed by atoms with E-state index in [-0.39, 0.29) is 30.0 Å². The van der Waals surface area contributed by atoms with E-state index in [0.29, 0.717) is 55.5 Å². The lowest BCUT2D eigenvalue weighted by Crippen LogP contribution is -2.52. The van der Waals surface area contributed by atoms with Gasteiger partial charge in [0.1, 0.15) is 24.2 Å². The second-order valence-corrected chi connectivity index (χ2v) is 11.5. The first-order valence-corrected chi connectivity index (χ1v) is 14.8. The molecule has 2 saturated heterocycles. The van der Waals surface area contributed by atoms with Crippen LogP contribution in [0.4, 0.5) is 0 Å². The maximum Gasteiger partial charge on any atom is 0.263 e. The van der Waals surface area contributed by atoms with Crippen molar-refractivity contribution < 1.29 is 23.9 Å². The van der Waals surface area contributed by atoms with Gasteiger partial charge in [0.2, 0.25) is 11.8 Å². The van der Waals surface area contributed by atoms with Gasteiger partial charge in [0.25, 0.3) is 11.8 Å². The third-order valence-electron chi connectivity index (χ3n) is 8.63. The summed E-state index contributed by atoms with van der Waals surface area (Å²) < 4.78 is 5.80. The summed E-state index contributed by atoms with van der Waals surface area (Å²) in [5, 5.41) is 12.0. The highest BCUT2D eigenvalue weighted by molar-refractivity contribution is 7.83. The first kappa shape index (κ1) is 28.2. The molecule has 4 amide bonds. The van der Waals surface area contributed by atoms with Crippen LogP contribution >= 0.6 is 12.6 Å². The van der Waals surface area contributed by atoms with Gasteiger partial charge < -0.3 is 9.64 Å². The molecule has 4 aliphatic rings. The fourth-order valence-electron chi connectivity index (χ4n) is 6.38. The van der Waals surface area contributed by atoms with Crippen molar-refractivity contribution >= 4 is 42.1 Å². The van der Waals surface area contributed by atoms with Crippen LogP contribution in [0.15, 0.2) is 47.9 Å². The number of amides is 4. The second-order valence-electron chi connectivity index (χ2n) is 11.2. The molecule has 1 atom stereocenters. The number of hydrogen-bond donors (Lipinski definition) is 3. The molecule has 11 heteroatoms. The Morgan fingerprint density at radius 2 is 1.81 bits per heavy atom. The number of fused-ring (bicyclic) bond motifs is 2. The van der Waals surface area contributed by atoms with Crippen LogP contribution in [0.25, 0.3) is 0 Å². The van der Waals surface area contributed by atoms with Gasteiger partial charge in [-0.25, -0.2) is 0 Å². The van der Waals surface area contributed by atoms with Crippen LogP contribution in [0.3, 0.4) is 0 Å². The fourth-order valence-corrected chi connectivity index (χ4v) is 6.52. The molecule has 0 aliphatic carbocycles. The number of imide groups is 1. The number of carbonyl (C=O) groups excluding carboxylic acids is 4. The Morgan fingerprint density at radius 1 is 1.00 bits per heavy atom. The summed E-state index contributed by atoms with van der Waals surface area (Å²) in [4.78, 5) is 55.5. The summed E-state index contributed by atoms with van der Waals surface area (Å²) in [6, 6.07) is 11.2. The van der Waals surface area contributed by atoms with Crippen LogP contribution in [0.5, 0.6) is 5.75 Å². The number of nitrogens with one attached hydrogen (secondary N) is 2. The molecule has 2 fully saturated rings. The van der Waals surface area contributed by atoms with E-state index in [9.17, 15) is 19.2 Å². The maximum absolute atomic E-state index is 13.2. The molecule has 218 valence electrons. The van der Waals surface area contributed by atoms with E-state index >= 15 is 0 Å². The monoisotopic (exact) mass is 587 g/mol. The van der Waals surface area contributed by atoms with E-state index in [4.69, 9.17) is 10.1 Å². The van der Waals surface area contributed by atoms with Crippen molar-refractivity contribution in [2.75, 3.05) is 26.2 Å². The maximum atomic E-state index is 13.2. The number of rotatable bonds is 5. The van der Waals surface area contributed by atoms with E-state index in [1.165, 1.54) is 21.9 Å². The molecule has 0 spiro atoms. The summed E-state index contributed by atoms with van der Waals surface area (Å²) in [5.74, 6) is -0.0855. The van der Waals surface area contributed by atoms with Crippen LogP contribution in [0.2, 0.25) is 0 Å². The molecule has 4 aliphatic heterocycles. The van der Waals surface area contributed by atoms with E-state index in [0.717, 1.165) is 37.1 Å². The molecule has 10 nitrogen and oxygen atoms in total. The minimum absolute atomic E-state index is 0.0820. The molecule has 0 aromatic heterocycles. The van der Waals surface area contributed by atoms with Gasteiger partial charge in [0.05, 0.1) is 12.1 Å². The summed E-state index contributed by atoms with van der Waals surface area (Å²) in [6.07, 6.45) is 4.02. The predicted molar refractivity (Wildman–Crippen MR) is 159 cm³/mol. The van der Waals surface area contributed by atoms with Crippen molar-refractivity contribution in [3.63, 3.8) is 0 Å². The number of carbonyl (C=O) groups is 4. The van der Waals surface area contributed by atoms with Gasteiger partial charge in [-0.2, -0.15) is 12.6 Å². The molecule has 42 heavy (non-hydrogen) atoms. The molecule has 2 aromatic rings. The largest absolute Gasteiger partial charge is 0.491 e. The number of likely N-dealkylation sites (tertiary alicyclic amines) is 1. The van der Waals surface area contributed by atoms with E-state index in [1.807, 2.05) is 30.3 Å². The van der Waals surface area contributed by atoms with E-state index in [2.05, 4.69) is 28.9 Å². The van der Waals surface area contributed by atoms with Crippen molar-refractivity contribution in [2.24, 2.45) is 0 Å². The van der Waals surface area contributed by atoms with Crippen molar-refractivity contribution in [1.29, 1.82) is 5.41 Å². The number of benzene rings is 2. The molecule has 0 radical (unpaired) electrons. The van der Waals surface area contributed by atoms with Crippen LogP contribution in [-0.2, 0) is 22.7 Å². The van der Waals surface area contributed by atoms with Crippen LogP contribution in [-0.4, -0.2) is 76.4 Å². The summed E-state index contributed by atoms with van der Waals surface area (Å²) in [6.45, 7) is 3.51. The first-order chi connectivity index (χ1) is 20.3. The third kappa shape index (κ3) is 5.46. The lowest BCUT2D eigenvalue weighted by molar-refractivity contribution is -0.136. The Balaban J connectivity index is 1.08. The number of amidine groups is 1. The van der Waals surface area contributed by atoms with Gasteiger partial charge >= 0.3 is 0 Å². The predicted octanol–water partition coefficient (Wildman–Crippen LogP) is 3.08. The SMILES string of the molecule is N=C(/C=C\S)N1CCOc2ccc(CN3CCC(c4ccc5c(c4)CN(C4CCC(=O)NC4=O)C5=O)CC3)cc2C1=O. The molecule has 0 saturated carbocycles. The fraction of sp³-hybridized carbons (Fsp3) is 0.387. The van der Waals surface area contributed by atoms with Gasteiger partial charge in [-0.15, -0.1) is 0 Å². The highest BCUT2D eigenvalue weighted by atomic mass is 32.1. The van der Waals surface area contributed by atoms with Gasteiger partial charge in [-0.05, 0) is 84.6 Å². The Labute approximate surface area is 249 Å². The topological polar surface area (TPSA) is 123 Å². The van der Waals surface area contributed by atoms with E-state index < -0.39 is 11.9 Å². The zero-order chi connectivity index (χ0) is 29.4. The molecular weight excluding hydrogens is 554 g/mol. The van der Waals surface area contributed by atoms with Crippen LogP contribution in [0, 0.1) is 5.41 Å². The van der Waals surface area contributed by atoms with Gasteiger partial charge in [-0.3, -0.25) is 39.7 Å². The smallest absolute Gasteiger partial charge is 0.263 e. The minimum atomic E-state index is -0.607. The molecule has 6 rings (SSSR count). The average Bonchev–Trinajstić information content (AvgIpc) is 3.21. The Morgan fingerprint density at radius 3 is 2.57 bits per heavy atom. The summed E-state index contributed by atoms with van der Waals surface area (Å²) in [5.41, 5.74) is 4.27. The first-order valence-electron chi connectivity index (χ1n) is 14.3. The van der Waals surface area contributed by atoms with Crippen molar-refractivity contribution in [1.82, 2.24) is 20.0 Å². The lowest BCUT2D eigenvalue weighted by atomic mass is 9.87. The highest BCUT2D eigenvalue weighted by Crippen LogP contribution is 2.34. The van der Waals surface area contributed by atoms with Gasteiger partial charge in [0, 0.05) is 25.1 Å². The lowest BCUT2D eigenvalue weighted by Gasteiger charge is -2.32. The zero-order valence-electron chi connectivity index (χ0n) is 23.2. The van der Waals surface area contributed by atoms with Crippen molar-refractivity contribution in [3.8, 4) is 5.75 Å². The molecule has 2 N–H and O–H groups in total. The number of nitrogens with zero attached hydrogens (tertiary/aromatic N) is 3.